The Bertz CT molecular complexity index is 250. The molecule has 0 bridgehead atoms. The van der Waals surface area contributed by atoms with Crippen molar-refractivity contribution < 1.29 is 0 Å². The highest BCUT2D eigenvalue weighted by atomic mass is 15.0. The fourth-order valence-corrected chi connectivity index (χ4v) is 4.87. The van der Waals surface area contributed by atoms with Gasteiger partial charge in [0.2, 0.25) is 0 Å². The lowest BCUT2D eigenvalue weighted by Gasteiger charge is -2.31. The molecule has 6 unspecified atom stereocenters. The molecule has 0 aromatic heterocycles. The summed E-state index contributed by atoms with van der Waals surface area (Å²) in [6.07, 6.45) is 10.7. The van der Waals surface area contributed by atoms with Gasteiger partial charge in [-0.3, -0.25) is 0 Å². The molecule has 1 heteroatoms. The summed E-state index contributed by atoms with van der Waals surface area (Å²) in [7, 11) is 0. The van der Waals surface area contributed by atoms with Crippen LogP contribution < -0.4 is 5.32 Å². The monoisotopic (exact) mass is 191 g/mol. The second-order valence-corrected chi connectivity index (χ2v) is 6.14. The molecule has 4 rings (SSSR count). The van der Waals surface area contributed by atoms with Gasteiger partial charge >= 0.3 is 0 Å². The van der Waals surface area contributed by atoms with E-state index in [1.165, 1.54) is 38.0 Å². The van der Waals surface area contributed by atoms with Crippen LogP contribution in [0, 0.1) is 23.7 Å². The summed E-state index contributed by atoms with van der Waals surface area (Å²) in [4.78, 5) is 0. The summed E-state index contributed by atoms with van der Waals surface area (Å²) in [5.41, 5.74) is 0. The van der Waals surface area contributed by atoms with Gasteiger partial charge < -0.3 is 5.32 Å². The minimum Gasteiger partial charge on any atom is -0.311 e. The summed E-state index contributed by atoms with van der Waals surface area (Å²) >= 11 is 0. The third-order valence-corrected chi connectivity index (χ3v) is 5.53. The summed E-state index contributed by atoms with van der Waals surface area (Å²) in [5.74, 6) is 4.52. The highest BCUT2D eigenvalue weighted by Crippen LogP contribution is 2.59. The molecule has 1 aliphatic heterocycles. The smallest absolute Gasteiger partial charge is 0.0104 e. The molecule has 0 aromatic carbocycles. The Balaban J connectivity index is 1.62. The van der Waals surface area contributed by atoms with E-state index < -0.39 is 0 Å². The van der Waals surface area contributed by atoms with Gasteiger partial charge in [-0.15, -0.1) is 0 Å². The maximum absolute atomic E-state index is 3.95. The van der Waals surface area contributed by atoms with Gasteiger partial charge in [-0.05, 0) is 55.8 Å². The van der Waals surface area contributed by atoms with Crippen LogP contribution in [0.15, 0.2) is 0 Å². The van der Waals surface area contributed by atoms with Crippen molar-refractivity contribution in [3.8, 4) is 0 Å². The van der Waals surface area contributed by atoms with Crippen molar-refractivity contribution in [2.45, 2.75) is 57.0 Å². The van der Waals surface area contributed by atoms with Crippen molar-refractivity contribution in [1.29, 1.82) is 0 Å². The maximum Gasteiger partial charge on any atom is 0.0104 e. The van der Waals surface area contributed by atoms with Crippen LogP contribution in [-0.4, -0.2) is 12.1 Å². The Morgan fingerprint density at radius 3 is 2.71 bits per heavy atom. The number of hydrogen-bond acceptors (Lipinski definition) is 1. The van der Waals surface area contributed by atoms with E-state index in [-0.39, 0.29) is 0 Å². The van der Waals surface area contributed by atoms with Crippen molar-refractivity contribution in [1.82, 2.24) is 5.32 Å². The Morgan fingerprint density at radius 1 is 0.786 bits per heavy atom. The summed E-state index contributed by atoms with van der Waals surface area (Å²) in [5, 5.41) is 3.95. The minimum absolute atomic E-state index is 0.929. The van der Waals surface area contributed by atoms with Gasteiger partial charge in [-0.25, -0.2) is 0 Å². The first kappa shape index (κ1) is 8.15. The summed E-state index contributed by atoms with van der Waals surface area (Å²) in [6.45, 7) is 0. The third-order valence-electron chi connectivity index (χ3n) is 5.53. The number of fused-ring (bicyclic) bond motifs is 5. The molecule has 0 aromatic rings. The lowest BCUT2D eigenvalue weighted by molar-refractivity contribution is 0.216. The van der Waals surface area contributed by atoms with Crippen molar-refractivity contribution in [2.24, 2.45) is 23.7 Å². The number of rotatable bonds is 0. The quantitative estimate of drug-likeness (QED) is 0.620. The Hall–Kier alpha value is -0.0400. The first-order chi connectivity index (χ1) is 6.93. The van der Waals surface area contributed by atoms with Crippen LogP contribution in [-0.2, 0) is 0 Å². The zero-order valence-electron chi connectivity index (χ0n) is 8.91. The van der Waals surface area contributed by atoms with Crippen LogP contribution in [0.3, 0.4) is 0 Å². The van der Waals surface area contributed by atoms with E-state index in [9.17, 15) is 0 Å². The highest BCUT2D eigenvalue weighted by Gasteiger charge is 2.56. The van der Waals surface area contributed by atoms with E-state index >= 15 is 0 Å². The van der Waals surface area contributed by atoms with E-state index in [4.69, 9.17) is 0 Å². The fraction of sp³-hybridized carbons (Fsp3) is 1.00. The molecule has 1 N–H and O–H groups in total. The van der Waals surface area contributed by atoms with Crippen LogP contribution in [0.2, 0.25) is 0 Å². The van der Waals surface area contributed by atoms with Gasteiger partial charge in [0.05, 0.1) is 0 Å². The van der Waals surface area contributed by atoms with Gasteiger partial charge in [0.1, 0.15) is 0 Å². The predicted octanol–water partition coefficient (Wildman–Crippen LogP) is 2.56. The topological polar surface area (TPSA) is 12.0 Å². The average Bonchev–Trinajstić information content (AvgIpc) is 2.91. The van der Waals surface area contributed by atoms with Crippen molar-refractivity contribution in [2.75, 3.05) is 0 Å². The molecule has 0 spiro atoms. The fourth-order valence-electron chi connectivity index (χ4n) is 4.87. The molecule has 0 amide bonds. The van der Waals surface area contributed by atoms with Crippen molar-refractivity contribution >= 4 is 0 Å². The van der Waals surface area contributed by atoms with E-state index in [1.807, 2.05) is 0 Å². The predicted molar refractivity (Wildman–Crippen MR) is 57.0 cm³/mol. The van der Waals surface area contributed by atoms with E-state index in [2.05, 4.69) is 5.32 Å². The van der Waals surface area contributed by atoms with Crippen molar-refractivity contribution in [3.05, 3.63) is 0 Å². The van der Waals surface area contributed by atoms with Crippen LogP contribution in [0.25, 0.3) is 0 Å². The lowest BCUT2D eigenvalue weighted by atomic mass is 9.73. The van der Waals surface area contributed by atoms with E-state index in [0.29, 0.717) is 0 Å². The van der Waals surface area contributed by atoms with E-state index in [1.54, 1.807) is 12.8 Å². The molecule has 78 valence electrons. The number of nitrogens with one attached hydrogen (secondary N) is 1. The molecule has 3 aliphatic carbocycles. The summed E-state index contributed by atoms with van der Waals surface area (Å²) < 4.78 is 0. The molecule has 0 radical (unpaired) electrons. The van der Waals surface area contributed by atoms with E-state index in [0.717, 1.165) is 29.8 Å². The zero-order chi connectivity index (χ0) is 9.12. The lowest BCUT2D eigenvalue weighted by Crippen LogP contribution is -2.34. The standard InChI is InChI=1S/C13H21N/c1-2-4-11-9(3-1)13-10-7-8(10)5-6-12(13)14-11/h8-14H,1-7H2. The Morgan fingerprint density at radius 2 is 1.71 bits per heavy atom. The minimum atomic E-state index is 0.929. The molecule has 3 saturated carbocycles. The second kappa shape index (κ2) is 2.75. The maximum atomic E-state index is 3.95. The molecular formula is C13H21N. The molecule has 1 nitrogen and oxygen atoms in total. The average molecular weight is 191 g/mol. The van der Waals surface area contributed by atoms with Crippen LogP contribution in [0.1, 0.15) is 44.9 Å². The first-order valence-electron chi connectivity index (χ1n) is 6.69. The van der Waals surface area contributed by atoms with Crippen molar-refractivity contribution in [3.63, 3.8) is 0 Å². The SMILES string of the molecule is C1CCC2C(C1)NC1CCC3CC3C12. The van der Waals surface area contributed by atoms with Gasteiger partial charge in [-0.1, -0.05) is 12.8 Å². The van der Waals surface area contributed by atoms with Crippen LogP contribution in [0.4, 0.5) is 0 Å². The molecule has 1 heterocycles. The molecule has 4 aliphatic rings. The molecule has 6 atom stereocenters. The molecular weight excluding hydrogens is 170 g/mol. The highest BCUT2D eigenvalue weighted by molar-refractivity contribution is 5.09. The van der Waals surface area contributed by atoms with Gasteiger partial charge in [-0.2, -0.15) is 0 Å². The van der Waals surface area contributed by atoms with Crippen LogP contribution >= 0.6 is 0 Å². The Labute approximate surface area is 86.6 Å². The molecule has 1 saturated heterocycles. The molecule has 4 fully saturated rings. The number of hydrogen-bond donors (Lipinski definition) is 1. The van der Waals surface area contributed by atoms with Gasteiger partial charge in [0, 0.05) is 12.1 Å². The van der Waals surface area contributed by atoms with Gasteiger partial charge in [0.15, 0.2) is 0 Å². The van der Waals surface area contributed by atoms with Crippen LogP contribution in [0.5, 0.6) is 0 Å². The summed E-state index contributed by atoms with van der Waals surface area (Å²) in [6, 6.07) is 1.87. The Kier molecular flexibility index (Phi) is 1.60. The normalized spacial score (nSPS) is 60.0. The third kappa shape index (κ3) is 0.997. The second-order valence-electron chi connectivity index (χ2n) is 6.14. The molecule has 14 heavy (non-hydrogen) atoms. The zero-order valence-corrected chi connectivity index (χ0v) is 8.91. The van der Waals surface area contributed by atoms with Gasteiger partial charge in [0.25, 0.3) is 0 Å². The first-order valence-corrected chi connectivity index (χ1v) is 6.69. The largest absolute Gasteiger partial charge is 0.311 e.